The number of nitrogens with zero attached hydrogens (tertiary/aromatic N) is 2. The number of aromatic nitrogens is 1. The lowest BCUT2D eigenvalue weighted by atomic mass is 10.2. The molecule has 2 rings (SSSR count). The van der Waals surface area contributed by atoms with Crippen molar-refractivity contribution in [2.75, 3.05) is 5.32 Å². The molecular formula is C13H10ClN3. The van der Waals surface area contributed by atoms with Gasteiger partial charge in [-0.1, -0.05) is 17.7 Å². The van der Waals surface area contributed by atoms with Crippen LogP contribution in [0.25, 0.3) is 0 Å². The Morgan fingerprint density at radius 1 is 1.35 bits per heavy atom. The van der Waals surface area contributed by atoms with Gasteiger partial charge < -0.3 is 5.32 Å². The van der Waals surface area contributed by atoms with E-state index in [1.54, 1.807) is 24.5 Å². The SMILES string of the molecule is N#Cc1ccc(NCc2cccnc2)cc1Cl. The van der Waals surface area contributed by atoms with Crippen LogP contribution in [0.4, 0.5) is 5.69 Å². The lowest BCUT2D eigenvalue weighted by molar-refractivity contribution is 1.11. The molecule has 0 radical (unpaired) electrons. The van der Waals surface area contributed by atoms with Crippen molar-refractivity contribution in [1.82, 2.24) is 4.98 Å². The Morgan fingerprint density at radius 3 is 2.88 bits per heavy atom. The van der Waals surface area contributed by atoms with Gasteiger partial charge in [0, 0.05) is 24.6 Å². The molecule has 0 saturated heterocycles. The summed E-state index contributed by atoms with van der Waals surface area (Å²) >= 11 is 5.94. The van der Waals surface area contributed by atoms with Crippen molar-refractivity contribution in [3.63, 3.8) is 0 Å². The van der Waals surface area contributed by atoms with Gasteiger partial charge in [0.2, 0.25) is 0 Å². The van der Waals surface area contributed by atoms with Crippen LogP contribution in [0.5, 0.6) is 0 Å². The van der Waals surface area contributed by atoms with Gasteiger partial charge in [0.05, 0.1) is 10.6 Å². The summed E-state index contributed by atoms with van der Waals surface area (Å²) in [6.45, 7) is 0.677. The predicted molar refractivity (Wildman–Crippen MR) is 67.7 cm³/mol. The Hall–Kier alpha value is -2.05. The van der Waals surface area contributed by atoms with E-state index in [4.69, 9.17) is 16.9 Å². The highest BCUT2D eigenvalue weighted by Crippen LogP contribution is 2.20. The van der Waals surface area contributed by atoms with E-state index in [-0.39, 0.29) is 0 Å². The number of hydrogen-bond donors (Lipinski definition) is 1. The summed E-state index contributed by atoms with van der Waals surface area (Å²) in [5, 5.41) is 12.4. The number of nitrogens with one attached hydrogen (secondary N) is 1. The number of anilines is 1. The van der Waals surface area contributed by atoms with E-state index in [9.17, 15) is 0 Å². The maximum absolute atomic E-state index is 8.75. The molecule has 0 saturated carbocycles. The number of rotatable bonds is 3. The van der Waals surface area contributed by atoms with E-state index >= 15 is 0 Å². The van der Waals surface area contributed by atoms with Crippen LogP contribution in [0.3, 0.4) is 0 Å². The molecule has 0 unspecified atom stereocenters. The minimum absolute atomic E-state index is 0.462. The Balaban J connectivity index is 2.06. The second kappa shape index (κ2) is 5.33. The lowest BCUT2D eigenvalue weighted by Crippen LogP contribution is -1.99. The van der Waals surface area contributed by atoms with Crippen molar-refractivity contribution < 1.29 is 0 Å². The van der Waals surface area contributed by atoms with Crippen LogP contribution < -0.4 is 5.32 Å². The molecule has 1 aromatic heterocycles. The maximum atomic E-state index is 8.75. The molecule has 0 fully saturated rings. The number of benzene rings is 1. The second-order valence-electron chi connectivity index (χ2n) is 3.52. The molecule has 1 aromatic carbocycles. The van der Waals surface area contributed by atoms with E-state index in [1.165, 1.54) is 0 Å². The summed E-state index contributed by atoms with van der Waals surface area (Å²) in [4.78, 5) is 4.03. The molecule has 2 aromatic rings. The molecule has 0 atom stereocenters. The van der Waals surface area contributed by atoms with Crippen LogP contribution in [-0.2, 0) is 6.54 Å². The molecule has 0 spiro atoms. The van der Waals surface area contributed by atoms with Crippen molar-refractivity contribution in [2.45, 2.75) is 6.54 Å². The van der Waals surface area contributed by atoms with Gasteiger partial charge in [0.25, 0.3) is 0 Å². The Kier molecular flexibility index (Phi) is 3.59. The first-order chi connectivity index (χ1) is 8.29. The van der Waals surface area contributed by atoms with Gasteiger partial charge in [-0.15, -0.1) is 0 Å². The third kappa shape index (κ3) is 2.96. The van der Waals surface area contributed by atoms with Crippen LogP contribution in [-0.4, -0.2) is 4.98 Å². The first-order valence-electron chi connectivity index (χ1n) is 5.12. The quantitative estimate of drug-likeness (QED) is 0.901. The average molecular weight is 244 g/mol. The van der Waals surface area contributed by atoms with Crippen LogP contribution >= 0.6 is 11.6 Å². The summed E-state index contributed by atoms with van der Waals surface area (Å²) in [7, 11) is 0. The zero-order valence-electron chi connectivity index (χ0n) is 9.02. The van der Waals surface area contributed by atoms with Crippen molar-refractivity contribution in [2.24, 2.45) is 0 Å². The van der Waals surface area contributed by atoms with Crippen LogP contribution in [0, 0.1) is 11.3 Å². The van der Waals surface area contributed by atoms with Gasteiger partial charge in [-0.05, 0) is 29.8 Å². The highest BCUT2D eigenvalue weighted by atomic mass is 35.5. The van der Waals surface area contributed by atoms with E-state index in [2.05, 4.69) is 10.3 Å². The van der Waals surface area contributed by atoms with Crippen LogP contribution in [0.2, 0.25) is 5.02 Å². The van der Waals surface area contributed by atoms with Crippen LogP contribution in [0.1, 0.15) is 11.1 Å². The first-order valence-corrected chi connectivity index (χ1v) is 5.50. The second-order valence-corrected chi connectivity index (χ2v) is 3.93. The van der Waals surface area contributed by atoms with E-state index < -0.39 is 0 Å². The number of hydrogen-bond acceptors (Lipinski definition) is 3. The minimum Gasteiger partial charge on any atom is -0.381 e. The smallest absolute Gasteiger partial charge is 0.101 e. The molecule has 0 aliphatic heterocycles. The first kappa shape index (κ1) is 11.4. The van der Waals surface area contributed by atoms with Gasteiger partial charge in [0.1, 0.15) is 6.07 Å². The lowest BCUT2D eigenvalue weighted by Gasteiger charge is -2.06. The van der Waals surface area contributed by atoms with Crippen molar-refractivity contribution >= 4 is 17.3 Å². The maximum Gasteiger partial charge on any atom is 0.101 e. The average Bonchev–Trinajstić information content (AvgIpc) is 2.38. The van der Waals surface area contributed by atoms with E-state index in [0.717, 1.165) is 11.3 Å². The molecule has 17 heavy (non-hydrogen) atoms. The summed E-state index contributed by atoms with van der Waals surface area (Å²) in [5.74, 6) is 0. The predicted octanol–water partition coefficient (Wildman–Crippen LogP) is 3.22. The zero-order chi connectivity index (χ0) is 12.1. The topological polar surface area (TPSA) is 48.7 Å². The van der Waals surface area contributed by atoms with Crippen molar-refractivity contribution in [1.29, 1.82) is 5.26 Å². The number of halogens is 1. The normalized spacial score (nSPS) is 9.65. The zero-order valence-corrected chi connectivity index (χ0v) is 9.78. The van der Waals surface area contributed by atoms with Crippen molar-refractivity contribution in [3.05, 3.63) is 58.9 Å². The molecule has 84 valence electrons. The molecule has 3 nitrogen and oxygen atoms in total. The van der Waals surface area contributed by atoms with Crippen LogP contribution in [0.15, 0.2) is 42.7 Å². The van der Waals surface area contributed by atoms with Gasteiger partial charge in [-0.3, -0.25) is 4.98 Å². The Bertz CT molecular complexity index is 546. The third-order valence-corrected chi connectivity index (χ3v) is 2.62. The highest BCUT2D eigenvalue weighted by molar-refractivity contribution is 6.32. The largest absolute Gasteiger partial charge is 0.381 e. The van der Waals surface area contributed by atoms with Gasteiger partial charge >= 0.3 is 0 Å². The molecule has 0 bridgehead atoms. The monoisotopic (exact) mass is 243 g/mol. The number of nitriles is 1. The summed E-state index contributed by atoms with van der Waals surface area (Å²) in [6, 6.07) is 11.2. The molecule has 1 heterocycles. The summed E-state index contributed by atoms with van der Waals surface area (Å²) in [5.41, 5.74) is 2.46. The summed E-state index contributed by atoms with van der Waals surface area (Å²) < 4.78 is 0. The van der Waals surface area contributed by atoms with Gasteiger partial charge in [-0.25, -0.2) is 0 Å². The molecule has 4 heteroatoms. The highest BCUT2D eigenvalue weighted by Gasteiger charge is 2.00. The Morgan fingerprint density at radius 2 is 2.24 bits per heavy atom. The third-order valence-electron chi connectivity index (χ3n) is 2.31. The molecule has 0 amide bonds. The molecular weight excluding hydrogens is 234 g/mol. The standard InChI is InChI=1S/C13H10ClN3/c14-13-6-12(4-3-11(13)7-15)17-9-10-2-1-5-16-8-10/h1-6,8,17H,9H2. The van der Waals surface area contributed by atoms with Gasteiger partial charge in [0.15, 0.2) is 0 Å². The van der Waals surface area contributed by atoms with Crippen molar-refractivity contribution in [3.8, 4) is 6.07 Å². The molecule has 0 aliphatic rings. The summed E-state index contributed by atoms with van der Waals surface area (Å²) in [6.07, 6.45) is 3.54. The number of pyridine rings is 1. The van der Waals surface area contributed by atoms with Gasteiger partial charge in [-0.2, -0.15) is 5.26 Å². The fourth-order valence-electron chi connectivity index (χ4n) is 1.42. The van der Waals surface area contributed by atoms with E-state index in [0.29, 0.717) is 17.1 Å². The fourth-order valence-corrected chi connectivity index (χ4v) is 1.65. The fraction of sp³-hybridized carbons (Fsp3) is 0.0769. The molecule has 0 aliphatic carbocycles. The van der Waals surface area contributed by atoms with E-state index in [1.807, 2.05) is 24.3 Å². The Labute approximate surface area is 105 Å². The minimum atomic E-state index is 0.462. The molecule has 1 N–H and O–H groups in total.